The fourth-order valence-electron chi connectivity index (χ4n) is 2.01. The molecule has 0 amide bonds. The summed E-state index contributed by atoms with van der Waals surface area (Å²) in [5.41, 5.74) is 1.32. The van der Waals surface area contributed by atoms with Crippen LogP contribution in [0.25, 0.3) is 0 Å². The lowest BCUT2D eigenvalue weighted by atomic mass is 10.0. The molecule has 2 unspecified atom stereocenters. The first kappa shape index (κ1) is 10.7. The number of rotatable bonds is 3. The van der Waals surface area contributed by atoms with Crippen molar-refractivity contribution in [2.75, 3.05) is 6.61 Å². The van der Waals surface area contributed by atoms with Crippen LogP contribution in [0.15, 0.2) is 30.3 Å². The van der Waals surface area contributed by atoms with Crippen LogP contribution in [0.1, 0.15) is 25.3 Å². The Hall–Kier alpha value is -0.860. The summed E-state index contributed by atoms with van der Waals surface area (Å²) in [4.78, 5) is 0. The van der Waals surface area contributed by atoms with Gasteiger partial charge in [-0.25, -0.2) is 0 Å². The fraction of sp³-hybridized carbons (Fsp3) is 0.538. The lowest BCUT2D eigenvalue weighted by molar-refractivity contribution is -0.0416. The van der Waals surface area contributed by atoms with Crippen molar-refractivity contribution in [3.8, 4) is 0 Å². The smallest absolute Gasteiger partial charge is 0.110 e. The van der Waals surface area contributed by atoms with Gasteiger partial charge in [-0.15, -0.1) is 0 Å². The molecule has 0 spiro atoms. The predicted molar refractivity (Wildman–Crippen MR) is 61.4 cm³/mol. The van der Waals surface area contributed by atoms with E-state index in [-0.39, 0.29) is 6.23 Å². The third kappa shape index (κ3) is 3.05. The second kappa shape index (κ2) is 5.29. The van der Waals surface area contributed by atoms with Gasteiger partial charge in [0.15, 0.2) is 0 Å². The molecule has 0 aliphatic carbocycles. The maximum absolute atomic E-state index is 5.70. The highest BCUT2D eigenvalue weighted by Crippen LogP contribution is 2.18. The summed E-state index contributed by atoms with van der Waals surface area (Å²) < 4.78 is 5.70. The molecule has 1 aliphatic rings. The molecule has 0 saturated carbocycles. The summed E-state index contributed by atoms with van der Waals surface area (Å²) in [7, 11) is 0. The summed E-state index contributed by atoms with van der Waals surface area (Å²) in [6.45, 7) is 4.05. The molecule has 1 fully saturated rings. The van der Waals surface area contributed by atoms with Gasteiger partial charge in [0.25, 0.3) is 0 Å². The molecule has 1 aliphatic heterocycles. The van der Waals surface area contributed by atoms with Gasteiger partial charge in [-0.2, -0.15) is 0 Å². The average Bonchev–Trinajstić information content (AvgIpc) is 2.29. The SMILES string of the molecule is CC1CCCOC1NCc1ccccc1. The number of nitrogens with one attached hydrogen (secondary N) is 1. The topological polar surface area (TPSA) is 21.3 Å². The van der Waals surface area contributed by atoms with E-state index in [1.54, 1.807) is 0 Å². The maximum atomic E-state index is 5.70. The van der Waals surface area contributed by atoms with Crippen LogP contribution in [0, 0.1) is 5.92 Å². The van der Waals surface area contributed by atoms with Crippen molar-refractivity contribution in [2.24, 2.45) is 5.92 Å². The zero-order valence-corrected chi connectivity index (χ0v) is 9.28. The van der Waals surface area contributed by atoms with E-state index in [2.05, 4.69) is 36.5 Å². The molecule has 2 nitrogen and oxygen atoms in total. The van der Waals surface area contributed by atoms with Crippen molar-refractivity contribution in [3.63, 3.8) is 0 Å². The largest absolute Gasteiger partial charge is 0.363 e. The Labute approximate surface area is 91.6 Å². The Morgan fingerprint density at radius 1 is 1.33 bits per heavy atom. The second-order valence-corrected chi connectivity index (χ2v) is 4.28. The normalized spacial score (nSPS) is 26.5. The fourth-order valence-corrected chi connectivity index (χ4v) is 2.01. The van der Waals surface area contributed by atoms with Crippen LogP contribution in [0.2, 0.25) is 0 Å². The van der Waals surface area contributed by atoms with Crippen molar-refractivity contribution in [3.05, 3.63) is 35.9 Å². The summed E-state index contributed by atoms with van der Waals surface area (Å²) in [6.07, 6.45) is 2.70. The molecule has 2 atom stereocenters. The number of ether oxygens (including phenoxy) is 1. The van der Waals surface area contributed by atoms with E-state index in [9.17, 15) is 0 Å². The molecule has 2 heteroatoms. The van der Waals surface area contributed by atoms with Gasteiger partial charge < -0.3 is 4.74 Å². The van der Waals surface area contributed by atoms with Crippen molar-refractivity contribution in [2.45, 2.75) is 32.5 Å². The summed E-state index contributed by atoms with van der Waals surface area (Å²) >= 11 is 0. The van der Waals surface area contributed by atoms with Gasteiger partial charge in [-0.05, 0) is 24.3 Å². The molecule has 15 heavy (non-hydrogen) atoms. The molecule has 1 heterocycles. The van der Waals surface area contributed by atoms with E-state index in [0.29, 0.717) is 5.92 Å². The van der Waals surface area contributed by atoms with Crippen molar-refractivity contribution < 1.29 is 4.74 Å². The molecule has 0 aromatic heterocycles. The van der Waals surface area contributed by atoms with Gasteiger partial charge in [0.05, 0.1) is 0 Å². The van der Waals surface area contributed by atoms with E-state index in [4.69, 9.17) is 4.74 Å². The minimum Gasteiger partial charge on any atom is -0.363 e. The number of hydrogen-bond donors (Lipinski definition) is 1. The highest BCUT2D eigenvalue weighted by molar-refractivity contribution is 5.14. The van der Waals surface area contributed by atoms with Crippen molar-refractivity contribution in [1.29, 1.82) is 0 Å². The van der Waals surface area contributed by atoms with Crippen LogP contribution < -0.4 is 5.32 Å². The summed E-state index contributed by atoms with van der Waals surface area (Å²) in [5.74, 6) is 0.627. The minimum absolute atomic E-state index is 0.235. The Bertz CT molecular complexity index is 286. The summed E-state index contributed by atoms with van der Waals surface area (Å²) in [6, 6.07) is 10.5. The average molecular weight is 205 g/mol. The van der Waals surface area contributed by atoms with Gasteiger partial charge in [0, 0.05) is 13.2 Å². The first-order valence-electron chi connectivity index (χ1n) is 5.75. The quantitative estimate of drug-likeness (QED) is 0.818. The monoisotopic (exact) mass is 205 g/mol. The van der Waals surface area contributed by atoms with E-state index >= 15 is 0 Å². The van der Waals surface area contributed by atoms with Crippen molar-refractivity contribution in [1.82, 2.24) is 5.32 Å². The number of hydrogen-bond acceptors (Lipinski definition) is 2. The molecule has 0 radical (unpaired) electrons. The van der Waals surface area contributed by atoms with Gasteiger partial charge in [0.1, 0.15) is 6.23 Å². The van der Waals surface area contributed by atoms with E-state index in [1.165, 1.54) is 18.4 Å². The summed E-state index contributed by atoms with van der Waals surface area (Å²) in [5, 5.41) is 3.47. The molecule has 1 N–H and O–H groups in total. The van der Waals surface area contributed by atoms with Crippen LogP contribution in [-0.2, 0) is 11.3 Å². The highest BCUT2D eigenvalue weighted by atomic mass is 16.5. The van der Waals surface area contributed by atoms with Gasteiger partial charge in [0.2, 0.25) is 0 Å². The molecular formula is C13H19NO. The zero-order chi connectivity index (χ0) is 10.5. The first-order chi connectivity index (χ1) is 7.36. The Morgan fingerprint density at radius 2 is 2.13 bits per heavy atom. The third-order valence-electron chi connectivity index (χ3n) is 2.97. The molecule has 82 valence electrons. The van der Waals surface area contributed by atoms with Gasteiger partial charge >= 0.3 is 0 Å². The third-order valence-corrected chi connectivity index (χ3v) is 2.97. The van der Waals surface area contributed by atoms with Crippen LogP contribution in [0.5, 0.6) is 0 Å². The van der Waals surface area contributed by atoms with Crippen LogP contribution >= 0.6 is 0 Å². The van der Waals surface area contributed by atoms with Crippen LogP contribution in [0.3, 0.4) is 0 Å². The van der Waals surface area contributed by atoms with Gasteiger partial charge in [-0.3, -0.25) is 5.32 Å². The van der Waals surface area contributed by atoms with E-state index in [0.717, 1.165) is 13.2 Å². The molecule has 1 aromatic rings. The maximum Gasteiger partial charge on any atom is 0.110 e. The van der Waals surface area contributed by atoms with Crippen LogP contribution in [0.4, 0.5) is 0 Å². The Kier molecular flexibility index (Phi) is 3.75. The lowest BCUT2D eigenvalue weighted by Crippen LogP contribution is -2.40. The Morgan fingerprint density at radius 3 is 2.87 bits per heavy atom. The van der Waals surface area contributed by atoms with E-state index in [1.807, 2.05) is 6.07 Å². The molecule has 1 saturated heterocycles. The van der Waals surface area contributed by atoms with E-state index < -0.39 is 0 Å². The standard InChI is InChI=1S/C13H19NO/c1-11-6-5-9-15-13(11)14-10-12-7-3-2-4-8-12/h2-4,7-8,11,13-14H,5-6,9-10H2,1H3. The Balaban J connectivity index is 1.82. The molecule has 0 bridgehead atoms. The first-order valence-corrected chi connectivity index (χ1v) is 5.75. The molecule has 1 aromatic carbocycles. The predicted octanol–water partition coefficient (Wildman–Crippen LogP) is 2.55. The molecular weight excluding hydrogens is 186 g/mol. The van der Waals surface area contributed by atoms with Gasteiger partial charge in [-0.1, -0.05) is 37.3 Å². The second-order valence-electron chi connectivity index (χ2n) is 4.28. The van der Waals surface area contributed by atoms with Crippen molar-refractivity contribution >= 4 is 0 Å². The van der Waals surface area contributed by atoms with Crippen LogP contribution in [-0.4, -0.2) is 12.8 Å². The minimum atomic E-state index is 0.235. The highest BCUT2D eigenvalue weighted by Gasteiger charge is 2.20. The molecule has 2 rings (SSSR count). The number of benzene rings is 1. The lowest BCUT2D eigenvalue weighted by Gasteiger charge is -2.29. The zero-order valence-electron chi connectivity index (χ0n) is 9.28.